The minimum atomic E-state index is -0.477. The number of carbonyl (C=O) groups is 1. The third-order valence-corrected chi connectivity index (χ3v) is 9.51. The molecule has 4 unspecified atom stereocenters. The van der Waals surface area contributed by atoms with Crippen LogP contribution in [0.5, 0.6) is 0 Å². The van der Waals surface area contributed by atoms with Crippen molar-refractivity contribution in [1.82, 2.24) is 20.4 Å². The molecule has 3 heterocycles. The van der Waals surface area contributed by atoms with E-state index in [1.54, 1.807) is 0 Å². The van der Waals surface area contributed by atoms with Gasteiger partial charge in [0.05, 0.1) is 18.8 Å². The molecule has 0 saturated carbocycles. The van der Waals surface area contributed by atoms with Crippen molar-refractivity contribution in [2.45, 2.75) is 76.7 Å². The number of amides is 2. The van der Waals surface area contributed by atoms with Crippen molar-refractivity contribution in [2.24, 2.45) is 0 Å². The average molecular weight is 613 g/mol. The van der Waals surface area contributed by atoms with Gasteiger partial charge in [0.25, 0.3) is 0 Å². The summed E-state index contributed by atoms with van der Waals surface area (Å²) in [5.74, 6) is 0. The lowest BCUT2D eigenvalue weighted by Gasteiger charge is -2.39. The highest BCUT2D eigenvalue weighted by Gasteiger charge is 2.36. The van der Waals surface area contributed by atoms with Crippen molar-refractivity contribution in [3.63, 3.8) is 0 Å². The fourth-order valence-electron chi connectivity index (χ4n) is 7.07. The van der Waals surface area contributed by atoms with Crippen LogP contribution in [0, 0.1) is 0 Å². The molecule has 0 bridgehead atoms. The number of likely N-dealkylation sites (tertiary alicyclic amines) is 2. The predicted molar refractivity (Wildman–Crippen MR) is 176 cm³/mol. The van der Waals surface area contributed by atoms with E-state index in [4.69, 9.17) is 9.47 Å². The molecule has 6 rings (SSSR count). The highest BCUT2D eigenvalue weighted by molar-refractivity contribution is 5.74. The SMILES string of the molecule is CCNC(=O)NCc1ccccc1-c1ccc(C2OC(CN3CCCC3CN3CCCC3)CC(c3ccc(CO)cc3)O2)cc1. The van der Waals surface area contributed by atoms with E-state index in [-0.39, 0.29) is 24.8 Å². The molecule has 3 aliphatic heterocycles. The zero-order chi connectivity index (χ0) is 31.0. The summed E-state index contributed by atoms with van der Waals surface area (Å²) in [4.78, 5) is 17.3. The summed E-state index contributed by atoms with van der Waals surface area (Å²) in [7, 11) is 0. The van der Waals surface area contributed by atoms with Gasteiger partial charge in [-0.05, 0) is 80.1 Å². The van der Waals surface area contributed by atoms with Crippen LogP contribution in [0.25, 0.3) is 11.1 Å². The number of rotatable bonds is 11. The van der Waals surface area contributed by atoms with E-state index in [9.17, 15) is 9.90 Å². The average Bonchev–Trinajstić information content (AvgIpc) is 3.76. The van der Waals surface area contributed by atoms with Crippen LogP contribution in [0.1, 0.15) is 73.7 Å². The van der Waals surface area contributed by atoms with Crippen LogP contribution in [-0.2, 0) is 22.6 Å². The Kier molecular flexibility index (Phi) is 10.8. The molecule has 3 aromatic rings. The summed E-state index contributed by atoms with van der Waals surface area (Å²) in [5, 5.41) is 15.3. The minimum absolute atomic E-state index is 0.0327. The zero-order valence-corrected chi connectivity index (χ0v) is 26.5. The molecule has 8 nitrogen and oxygen atoms in total. The van der Waals surface area contributed by atoms with Crippen LogP contribution in [0.4, 0.5) is 4.79 Å². The monoisotopic (exact) mass is 612 g/mol. The van der Waals surface area contributed by atoms with Gasteiger partial charge >= 0.3 is 6.03 Å². The summed E-state index contributed by atoms with van der Waals surface area (Å²) in [5.41, 5.74) is 6.24. The molecule has 3 N–H and O–H groups in total. The van der Waals surface area contributed by atoms with E-state index in [0.29, 0.717) is 19.1 Å². The first kappa shape index (κ1) is 31.7. The normalized spacial score (nSPS) is 24.1. The first-order valence-corrected chi connectivity index (χ1v) is 16.8. The molecule has 3 aliphatic rings. The largest absolute Gasteiger partial charge is 0.392 e. The van der Waals surface area contributed by atoms with Gasteiger partial charge < -0.3 is 30.1 Å². The number of nitrogens with zero attached hydrogens (tertiary/aromatic N) is 2. The second kappa shape index (κ2) is 15.3. The minimum Gasteiger partial charge on any atom is -0.392 e. The van der Waals surface area contributed by atoms with Gasteiger partial charge in [0, 0.05) is 44.2 Å². The summed E-state index contributed by atoms with van der Waals surface area (Å²) >= 11 is 0. The van der Waals surface area contributed by atoms with Crippen molar-refractivity contribution in [1.29, 1.82) is 0 Å². The molecule has 8 heteroatoms. The van der Waals surface area contributed by atoms with Gasteiger partial charge in [-0.1, -0.05) is 72.8 Å². The van der Waals surface area contributed by atoms with Crippen molar-refractivity contribution < 1.29 is 19.4 Å². The van der Waals surface area contributed by atoms with Crippen molar-refractivity contribution >= 4 is 6.03 Å². The Morgan fingerprint density at radius 2 is 1.62 bits per heavy atom. The third kappa shape index (κ3) is 8.12. The number of carbonyl (C=O) groups excluding carboxylic acids is 1. The summed E-state index contributed by atoms with van der Waals surface area (Å²) in [6.45, 7) is 8.65. The number of aliphatic hydroxyl groups is 1. The van der Waals surface area contributed by atoms with E-state index in [0.717, 1.165) is 52.9 Å². The molecule has 45 heavy (non-hydrogen) atoms. The number of urea groups is 1. The molecule has 3 saturated heterocycles. The molecular weight excluding hydrogens is 564 g/mol. The maximum atomic E-state index is 12.0. The number of nitrogens with one attached hydrogen (secondary N) is 2. The zero-order valence-electron chi connectivity index (χ0n) is 26.5. The van der Waals surface area contributed by atoms with E-state index in [2.05, 4.69) is 69.0 Å². The summed E-state index contributed by atoms with van der Waals surface area (Å²) in [6, 6.07) is 25.2. The second-order valence-corrected chi connectivity index (χ2v) is 12.6. The molecule has 0 radical (unpaired) electrons. The van der Waals surface area contributed by atoms with Gasteiger partial charge in [0.2, 0.25) is 0 Å². The Balaban J connectivity index is 1.19. The smallest absolute Gasteiger partial charge is 0.315 e. The lowest BCUT2D eigenvalue weighted by atomic mass is 9.97. The second-order valence-electron chi connectivity index (χ2n) is 12.6. The highest BCUT2D eigenvalue weighted by Crippen LogP contribution is 2.39. The fraction of sp³-hybridized carbons (Fsp3) is 0.486. The van der Waals surface area contributed by atoms with Crippen LogP contribution in [0.3, 0.4) is 0 Å². The van der Waals surface area contributed by atoms with Crippen LogP contribution in [-0.4, -0.2) is 72.4 Å². The Labute approximate surface area is 267 Å². The number of hydrogen-bond acceptors (Lipinski definition) is 6. The van der Waals surface area contributed by atoms with E-state index >= 15 is 0 Å². The number of ether oxygens (including phenoxy) is 2. The third-order valence-electron chi connectivity index (χ3n) is 9.51. The standard InChI is InChI=1S/C37H48N4O4/c1-2-38-37(43)39-23-31-8-3-4-10-34(31)28-15-17-30(18-16-28)36-44-33(22-35(45-36)29-13-11-27(26-42)12-14-29)25-41-21-7-9-32(41)24-40-19-5-6-20-40/h3-4,8,10-18,32-33,35-36,42H,2,5-7,9,19-26H2,1H3,(H2,38,39,43). The lowest BCUT2D eigenvalue weighted by molar-refractivity contribution is -0.253. The molecule has 0 aliphatic carbocycles. The Bertz CT molecular complexity index is 1380. The Morgan fingerprint density at radius 3 is 2.38 bits per heavy atom. The van der Waals surface area contributed by atoms with Gasteiger partial charge in [0.15, 0.2) is 6.29 Å². The number of aliphatic hydroxyl groups excluding tert-OH is 1. The van der Waals surface area contributed by atoms with E-state index in [1.165, 1.54) is 45.3 Å². The molecule has 240 valence electrons. The summed E-state index contributed by atoms with van der Waals surface area (Å²) in [6.07, 6.45) is 5.43. The van der Waals surface area contributed by atoms with Gasteiger partial charge in [-0.2, -0.15) is 0 Å². The van der Waals surface area contributed by atoms with Crippen LogP contribution in [0.15, 0.2) is 72.8 Å². The molecule has 0 aromatic heterocycles. The maximum absolute atomic E-state index is 12.0. The molecule has 4 atom stereocenters. The summed E-state index contributed by atoms with van der Waals surface area (Å²) < 4.78 is 13.4. The molecule has 3 aromatic carbocycles. The quantitative estimate of drug-likeness (QED) is 0.255. The van der Waals surface area contributed by atoms with Crippen molar-refractivity contribution in [3.8, 4) is 11.1 Å². The molecular formula is C37H48N4O4. The van der Waals surface area contributed by atoms with E-state index in [1.807, 2.05) is 31.2 Å². The first-order chi connectivity index (χ1) is 22.1. The van der Waals surface area contributed by atoms with Gasteiger partial charge in [-0.25, -0.2) is 4.79 Å². The van der Waals surface area contributed by atoms with Gasteiger partial charge in [-0.15, -0.1) is 0 Å². The van der Waals surface area contributed by atoms with Gasteiger partial charge in [0.1, 0.15) is 0 Å². The number of hydrogen-bond donors (Lipinski definition) is 3. The topological polar surface area (TPSA) is 86.3 Å². The van der Waals surface area contributed by atoms with Crippen LogP contribution >= 0.6 is 0 Å². The number of benzene rings is 3. The Hall–Kier alpha value is -3.27. The predicted octanol–water partition coefficient (Wildman–Crippen LogP) is 5.77. The highest BCUT2D eigenvalue weighted by atomic mass is 16.7. The van der Waals surface area contributed by atoms with Crippen molar-refractivity contribution in [2.75, 3.05) is 39.3 Å². The molecule has 2 amide bonds. The lowest BCUT2D eigenvalue weighted by Crippen LogP contribution is -2.45. The molecule has 0 spiro atoms. The first-order valence-electron chi connectivity index (χ1n) is 16.8. The Morgan fingerprint density at radius 1 is 0.867 bits per heavy atom. The van der Waals surface area contributed by atoms with E-state index < -0.39 is 6.29 Å². The van der Waals surface area contributed by atoms with Crippen LogP contribution in [0.2, 0.25) is 0 Å². The van der Waals surface area contributed by atoms with Crippen LogP contribution < -0.4 is 10.6 Å². The molecule has 3 fully saturated rings. The van der Waals surface area contributed by atoms with Gasteiger partial charge in [-0.3, -0.25) is 4.90 Å². The fourth-order valence-corrected chi connectivity index (χ4v) is 7.07. The van der Waals surface area contributed by atoms with Crippen molar-refractivity contribution in [3.05, 3.63) is 95.1 Å². The maximum Gasteiger partial charge on any atom is 0.315 e.